The maximum Gasteiger partial charge on any atom is 0.338 e. The summed E-state index contributed by atoms with van der Waals surface area (Å²) in [7, 11) is 0. The topological polar surface area (TPSA) is 69.0 Å². The summed E-state index contributed by atoms with van der Waals surface area (Å²) in [4.78, 5) is 17.1. The van der Waals surface area contributed by atoms with Crippen molar-refractivity contribution in [3.05, 3.63) is 53.0 Å². The number of rotatable bonds is 6. The number of aryl methyl sites for hydroxylation is 1. The molecular formula is C18H22N4O2S. The van der Waals surface area contributed by atoms with Gasteiger partial charge in [0.1, 0.15) is 19.0 Å². The lowest BCUT2D eigenvalue weighted by Gasteiger charge is -2.29. The second kappa shape index (κ2) is 7.74. The third kappa shape index (κ3) is 3.56. The molecule has 0 radical (unpaired) electrons. The first-order valence-corrected chi connectivity index (χ1v) is 9.46. The number of ether oxygens (including phenoxy) is 1. The fraction of sp³-hybridized carbons (Fsp3) is 0.389. The van der Waals surface area contributed by atoms with Crippen LogP contribution in [0.2, 0.25) is 0 Å². The number of carbonyl (C=O) groups is 1. The average molecular weight is 358 g/mol. The molecule has 132 valence electrons. The molecule has 0 amide bonds. The van der Waals surface area contributed by atoms with Crippen LogP contribution in [0.4, 0.5) is 5.95 Å². The molecule has 1 aliphatic heterocycles. The maximum atomic E-state index is 12.8. The van der Waals surface area contributed by atoms with Gasteiger partial charge in [-0.25, -0.2) is 9.48 Å². The van der Waals surface area contributed by atoms with Gasteiger partial charge in [0.05, 0.1) is 5.57 Å². The van der Waals surface area contributed by atoms with Gasteiger partial charge >= 0.3 is 5.97 Å². The van der Waals surface area contributed by atoms with Gasteiger partial charge in [0.2, 0.25) is 5.95 Å². The molecule has 0 saturated heterocycles. The fourth-order valence-corrected chi connectivity index (χ4v) is 3.44. The molecule has 1 aliphatic rings. The van der Waals surface area contributed by atoms with Crippen LogP contribution in [0, 0.1) is 6.92 Å². The number of benzene rings is 1. The van der Waals surface area contributed by atoms with Gasteiger partial charge in [-0.1, -0.05) is 31.2 Å². The van der Waals surface area contributed by atoms with Gasteiger partial charge in [0.15, 0.2) is 0 Å². The Morgan fingerprint density at radius 2 is 2.16 bits per heavy atom. The number of nitrogens with one attached hydrogen (secondary N) is 1. The van der Waals surface area contributed by atoms with Crippen LogP contribution in [-0.2, 0) is 9.53 Å². The Bertz CT molecular complexity index is 800. The van der Waals surface area contributed by atoms with E-state index in [1.807, 2.05) is 38.1 Å². The molecule has 0 spiro atoms. The Morgan fingerprint density at radius 1 is 1.36 bits per heavy atom. The van der Waals surface area contributed by atoms with Crippen LogP contribution in [0.5, 0.6) is 0 Å². The van der Waals surface area contributed by atoms with Gasteiger partial charge < -0.3 is 10.1 Å². The Balaban J connectivity index is 1.96. The average Bonchev–Trinajstić information content (AvgIpc) is 3.06. The zero-order valence-electron chi connectivity index (χ0n) is 14.7. The first-order valence-electron chi connectivity index (χ1n) is 8.31. The van der Waals surface area contributed by atoms with Gasteiger partial charge in [-0.2, -0.15) is 21.8 Å². The van der Waals surface area contributed by atoms with E-state index in [9.17, 15) is 4.79 Å². The van der Waals surface area contributed by atoms with Crippen LogP contribution in [0.25, 0.3) is 0 Å². The van der Waals surface area contributed by atoms with Crippen LogP contribution in [0.15, 0.2) is 41.9 Å². The second-order valence-corrected chi connectivity index (χ2v) is 7.18. The first-order chi connectivity index (χ1) is 12.1. The van der Waals surface area contributed by atoms with Crippen molar-refractivity contribution in [3.63, 3.8) is 0 Å². The number of fused-ring (bicyclic) bond motifs is 1. The van der Waals surface area contributed by atoms with Crippen molar-refractivity contribution in [1.82, 2.24) is 14.8 Å². The second-order valence-electron chi connectivity index (χ2n) is 5.78. The lowest BCUT2D eigenvalue weighted by Crippen LogP contribution is -2.30. The van der Waals surface area contributed by atoms with Crippen molar-refractivity contribution in [2.24, 2.45) is 0 Å². The van der Waals surface area contributed by atoms with Gasteiger partial charge in [-0.3, -0.25) is 0 Å². The molecule has 1 aromatic heterocycles. The van der Waals surface area contributed by atoms with E-state index in [1.165, 1.54) is 6.33 Å². The minimum atomic E-state index is -0.341. The van der Waals surface area contributed by atoms with Gasteiger partial charge in [0, 0.05) is 11.4 Å². The number of allylic oxidation sites excluding steroid dienone is 1. The third-order valence-electron chi connectivity index (χ3n) is 4.16. The molecule has 0 aliphatic carbocycles. The van der Waals surface area contributed by atoms with Crippen LogP contribution in [-0.4, -0.2) is 38.8 Å². The molecule has 1 atom stereocenters. The quantitative estimate of drug-likeness (QED) is 0.632. The Labute approximate surface area is 151 Å². The van der Waals surface area contributed by atoms with Crippen molar-refractivity contribution in [1.29, 1.82) is 0 Å². The zero-order valence-corrected chi connectivity index (χ0v) is 15.5. The summed E-state index contributed by atoms with van der Waals surface area (Å²) in [6.45, 7) is 6.40. The number of esters is 1. The number of hydrogen-bond acceptors (Lipinski definition) is 6. The Kier molecular flexibility index (Phi) is 5.43. The molecule has 0 fully saturated rings. The third-order valence-corrected chi connectivity index (χ3v) is 5.03. The summed E-state index contributed by atoms with van der Waals surface area (Å²) in [5.41, 5.74) is 3.44. The normalized spacial score (nSPS) is 16.4. The molecule has 25 heavy (non-hydrogen) atoms. The smallest absolute Gasteiger partial charge is 0.338 e. The van der Waals surface area contributed by atoms with E-state index in [0.29, 0.717) is 18.1 Å². The number of carbonyl (C=O) groups excluding carboxylic acids is 1. The van der Waals surface area contributed by atoms with E-state index in [-0.39, 0.29) is 12.0 Å². The summed E-state index contributed by atoms with van der Waals surface area (Å²) < 4.78 is 7.26. The predicted molar refractivity (Wildman–Crippen MR) is 99.6 cm³/mol. The monoisotopic (exact) mass is 358 g/mol. The minimum Gasteiger partial charge on any atom is -0.461 e. The van der Waals surface area contributed by atoms with Crippen LogP contribution < -0.4 is 5.32 Å². The maximum absolute atomic E-state index is 12.8. The molecule has 1 unspecified atom stereocenters. The highest BCUT2D eigenvalue weighted by molar-refractivity contribution is 7.99. The lowest BCUT2D eigenvalue weighted by atomic mass is 9.93. The highest BCUT2D eigenvalue weighted by atomic mass is 32.2. The van der Waals surface area contributed by atoms with E-state index < -0.39 is 0 Å². The molecule has 1 N–H and O–H groups in total. The van der Waals surface area contributed by atoms with Crippen molar-refractivity contribution in [2.75, 3.05) is 23.4 Å². The molecule has 2 aromatic rings. The fourth-order valence-electron chi connectivity index (χ4n) is 2.95. The van der Waals surface area contributed by atoms with Crippen LogP contribution >= 0.6 is 11.8 Å². The summed E-state index contributed by atoms with van der Waals surface area (Å²) in [6, 6.07) is 7.66. The molecule has 0 saturated carbocycles. The molecule has 2 heterocycles. The van der Waals surface area contributed by atoms with E-state index in [0.717, 1.165) is 28.3 Å². The molecule has 7 heteroatoms. The first kappa shape index (κ1) is 17.5. The van der Waals surface area contributed by atoms with E-state index >= 15 is 0 Å². The minimum absolute atomic E-state index is 0.309. The summed E-state index contributed by atoms with van der Waals surface area (Å²) >= 11 is 1.75. The molecule has 0 bridgehead atoms. The van der Waals surface area contributed by atoms with Crippen molar-refractivity contribution < 1.29 is 9.53 Å². The summed E-state index contributed by atoms with van der Waals surface area (Å²) in [5, 5.41) is 7.48. The summed E-state index contributed by atoms with van der Waals surface area (Å²) in [6.07, 6.45) is 1.49. The van der Waals surface area contributed by atoms with Gasteiger partial charge in [-0.05, 0) is 30.7 Å². The van der Waals surface area contributed by atoms with E-state index in [4.69, 9.17) is 4.74 Å². The van der Waals surface area contributed by atoms with E-state index in [1.54, 1.807) is 16.4 Å². The standard InChI is InChI=1S/C18H22N4O2S/c1-4-25-10-9-24-17(23)15-13(3)21-18-19-11-20-22(18)16(15)14-8-6-5-7-12(14)2/h5-8,11,16H,4,9-10H2,1-3H3,(H,19,20,21). The molecule has 6 nitrogen and oxygen atoms in total. The summed E-state index contributed by atoms with van der Waals surface area (Å²) in [5.74, 6) is 2.13. The highest BCUT2D eigenvalue weighted by Gasteiger charge is 2.34. The number of thioether (sulfide) groups is 1. The Morgan fingerprint density at radius 3 is 2.92 bits per heavy atom. The Hall–Kier alpha value is -2.28. The number of anilines is 1. The molecular weight excluding hydrogens is 336 g/mol. The number of hydrogen-bond donors (Lipinski definition) is 1. The SMILES string of the molecule is CCSCCOC(=O)C1=C(C)Nc2ncnn2C1c1ccccc1C. The van der Waals surface area contributed by atoms with E-state index in [2.05, 4.69) is 22.3 Å². The van der Waals surface area contributed by atoms with Crippen molar-refractivity contribution in [2.45, 2.75) is 26.8 Å². The lowest BCUT2D eigenvalue weighted by molar-refractivity contribution is -0.138. The zero-order chi connectivity index (χ0) is 17.8. The highest BCUT2D eigenvalue weighted by Crippen LogP contribution is 2.36. The van der Waals surface area contributed by atoms with Crippen molar-refractivity contribution in [3.8, 4) is 0 Å². The molecule has 3 rings (SSSR count). The number of nitrogens with zero attached hydrogens (tertiary/aromatic N) is 3. The number of aromatic nitrogens is 3. The van der Waals surface area contributed by atoms with Crippen LogP contribution in [0.3, 0.4) is 0 Å². The predicted octanol–water partition coefficient (Wildman–Crippen LogP) is 3.17. The van der Waals surface area contributed by atoms with Crippen LogP contribution in [0.1, 0.15) is 31.0 Å². The molecule has 1 aromatic carbocycles. The van der Waals surface area contributed by atoms with Gasteiger partial charge in [0.25, 0.3) is 0 Å². The van der Waals surface area contributed by atoms with Gasteiger partial charge in [-0.15, -0.1) is 0 Å². The van der Waals surface area contributed by atoms with Crippen molar-refractivity contribution >= 4 is 23.7 Å². The largest absolute Gasteiger partial charge is 0.461 e.